The molecule has 0 spiro atoms. The standard InChI is InChI=1S/C23H24N6.ClH/c1-2-18-9-6-13-28(18)19-10-11-22(25-16-19)26-21-15-20(17-7-4-3-5-8-17)27-29-14-12-24-23(21)29;/h3-5,7-8,10-12,14-16,18H,2,6,9,13H2,1H3,(H,25,26);1H. The minimum absolute atomic E-state index is 0. The maximum atomic E-state index is 4.68. The van der Waals surface area contributed by atoms with E-state index in [1.165, 1.54) is 24.9 Å². The summed E-state index contributed by atoms with van der Waals surface area (Å²) in [5, 5.41) is 8.11. The van der Waals surface area contributed by atoms with Gasteiger partial charge in [-0.1, -0.05) is 37.3 Å². The van der Waals surface area contributed by atoms with Crippen LogP contribution >= 0.6 is 12.4 Å². The topological polar surface area (TPSA) is 58.4 Å². The van der Waals surface area contributed by atoms with Crippen molar-refractivity contribution in [2.45, 2.75) is 32.2 Å². The molecule has 1 N–H and O–H groups in total. The van der Waals surface area contributed by atoms with Gasteiger partial charge in [0.1, 0.15) is 5.82 Å². The molecule has 1 saturated heterocycles. The van der Waals surface area contributed by atoms with E-state index in [1.54, 1.807) is 10.7 Å². The lowest BCUT2D eigenvalue weighted by atomic mass is 10.1. The molecule has 1 aliphatic heterocycles. The highest BCUT2D eigenvalue weighted by molar-refractivity contribution is 5.85. The smallest absolute Gasteiger partial charge is 0.177 e. The Bertz CT molecular complexity index is 1110. The number of pyridine rings is 1. The normalized spacial score (nSPS) is 15.9. The third-order valence-corrected chi connectivity index (χ3v) is 5.62. The Balaban J connectivity index is 0.00000218. The maximum absolute atomic E-state index is 4.68. The second-order valence-electron chi connectivity index (χ2n) is 7.43. The molecule has 154 valence electrons. The number of rotatable bonds is 5. The average Bonchev–Trinajstić information content (AvgIpc) is 3.44. The van der Waals surface area contributed by atoms with Crippen LogP contribution in [-0.2, 0) is 0 Å². The molecule has 0 amide bonds. The van der Waals surface area contributed by atoms with Gasteiger partial charge in [0.25, 0.3) is 0 Å². The number of halogens is 1. The van der Waals surface area contributed by atoms with Gasteiger partial charge in [0.2, 0.25) is 0 Å². The van der Waals surface area contributed by atoms with Gasteiger partial charge in [-0.3, -0.25) is 0 Å². The van der Waals surface area contributed by atoms with E-state index >= 15 is 0 Å². The van der Waals surface area contributed by atoms with Crippen LogP contribution in [0.3, 0.4) is 0 Å². The highest BCUT2D eigenvalue weighted by Crippen LogP contribution is 2.29. The Morgan fingerprint density at radius 2 is 1.97 bits per heavy atom. The number of hydrogen-bond acceptors (Lipinski definition) is 5. The fraction of sp³-hybridized carbons (Fsp3) is 0.261. The first-order chi connectivity index (χ1) is 14.3. The summed E-state index contributed by atoms with van der Waals surface area (Å²) in [4.78, 5) is 11.6. The molecule has 0 radical (unpaired) electrons. The summed E-state index contributed by atoms with van der Waals surface area (Å²) in [7, 11) is 0. The number of benzene rings is 1. The molecule has 4 aromatic rings. The third-order valence-electron chi connectivity index (χ3n) is 5.62. The zero-order chi connectivity index (χ0) is 19.6. The summed E-state index contributed by atoms with van der Waals surface area (Å²) < 4.78 is 1.80. The molecule has 1 aromatic carbocycles. The van der Waals surface area contributed by atoms with Gasteiger partial charge in [-0.05, 0) is 37.5 Å². The minimum Gasteiger partial charge on any atom is -0.367 e. The molecule has 30 heavy (non-hydrogen) atoms. The lowest BCUT2D eigenvalue weighted by Gasteiger charge is -2.25. The van der Waals surface area contributed by atoms with Gasteiger partial charge in [-0.15, -0.1) is 12.4 Å². The van der Waals surface area contributed by atoms with Crippen molar-refractivity contribution in [1.82, 2.24) is 19.6 Å². The van der Waals surface area contributed by atoms with Crippen molar-refractivity contribution in [2.24, 2.45) is 0 Å². The molecule has 1 unspecified atom stereocenters. The van der Waals surface area contributed by atoms with Gasteiger partial charge in [0, 0.05) is 30.5 Å². The van der Waals surface area contributed by atoms with Crippen molar-refractivity contribution in [3.8, 4) is 11.3 Å². The van der Waals surface area contributed by atoms with Crippen LogP contribution in [0.4, 0.5) is 17.2 Å². The molecule has 0 saturated carbocycles. The van der Waals surface area contributed by atoms with Crippen molar-refractivity contribution in [3.63, 3.8) is 0 Å². The molecule has 5 rings (SSSR count). The number of aromatic nitrogens is 4. The maximum Gasteiger partial charge on any atom is 0.177 e. The van der Waals surface area contributed by atoms with Crippen LogP contribution in [0.2, 0.25) is 0 Å². The van der Waals surface area contributed by atoms with Crippen molar-refractivity contribution in [1.29, 1.82) is 0 Å². The SMILES string of the molecule is CCC1CCCN1c1ccc(Nc2cc(-c3ccccc3)nn3ccnc23)nc1.Cl. The Hall–Kier alpha value is -3.12. The van der Waals surface area contributed by atoms with Crippen molar-refractivity contribution >= 4 is 35.2 Å². The molecular weight excluding hydrogens is 396 g/mol. The van der Waals surface area contributed by atoms with Crippen molar-refractivity contribution in [3.05, 3.63) is 67.1 Å². The number of anilines is 3. The first kappa shape index (κ1) is 20.2. The number of hydrogen-bond donors (Lipinski definition) is 1. The highest BCUT2D eigenvalue weighted by atomic mass is 35.5. The summed E-state index contributed by atoms with van der Waals surface area (Å²) in [6.07, 6.45) is 9.30. The van der Waals surface area contributed by atoms with Gasteiger partial charge in [0.15, 0.2) is 5.65 Å². The zero-order valence-corrected chi connectivity index (χ0v) is 17.7. The van der Waals surface area contributed by atoms with E-state index in [2.05, 4.69) is 50.4 Å². The fourth-order valence-electron chi connectivity index (χ4n) is 4.13. The van der Waals surface area contributed by atoms with E-state index in [0.29, 0.717) is 6.04 Å². The van der Waals surface area contributed by atoms with Crippen LogP contribution in [0, 0.1) is 0 Å². The van der Waals surface area contributed by atoms with E-state index in [4.69, 9.17) is 0 Å². The zero-order valence-electron chi connectivity index (χ0n) is 16.9. The third kappa shape index (κ3) is 3.83. The molecule has 6 nitrogen and oxygen atoms in total. The van der Waals surface area contributed by atoms with Crippen LogP contribution in [-0.4, -0.2) is 32.2 Å². The van der Waals surface area contributed by atoms with Gasteiger partial charge >= 0.3 is 0 Å². The summed E-state index contributed by atoms with van der Waals surface area (Å²) in [6.45, 7) is 3.38. The van der Waals surface area contributed by atoms with Gasteiger partial charge in [-0.2, -0.15) is 5.10 Å². The second-order valence-corrected chi connectivity index (χ2v) is 7.43. The Kier molecular flexibility index (Phi) is 5.86. The molecule has 0 aliphatic carbocycles. The van der Waals surface area contributed by atoms with E-state index < -0.39 is 0 Å². The largest absolute Gasteiger partial charge is 0.367 e. The number of fused-ring (bicyclic) bond motifs is 1. The monoisotopic (exact) mass is 420 g/mol. The van der Waals surface area contributed by atoms with Crippen LogP contribution in [0.25, 0.3) is 16.9 Å². The van der Waals surface area contributed by atoms with E-state index in [9.17, 15) is 0 Å². The van der Waals surface area contributed by atoms with Crippen molar-refractivity contribution in [2.75, 3.05) is 16.8 Å². The summed E-state index contributed by atoms with van der Waals surface area (Å²) in [5.74, 6) is 0.802. The first-order valence-corrected chi connectivity index (χ1v) is 10.2. The second kappa shape index (κ2) is 8.71. The number of nitrogens with zero attached hydrogens (tertiary/aromatic N) is 5. The predicted molar refractivity (Wildman–Crippen MR) is 124 cm³/mol. The molecule has 1 atom stereocenters. The molecule has 1 fully saturated rings. The quantitative estimate of drug-likeness (QED) is 0.472. The Morgan fingerprint density at radius 3 is 2.73 bits per heavy atom. The molecule has 3 aromatic heterocycles. The Labute approximate surface area is 182 Å². The van der Waals surface area contributed by atoms with Crippen LogP contribution < -0.4 is 10.2 Å². The van der Waals surface area contributed by atoms with E-state index in [0.717, 1.165) is 35.0 Å². The molecule has 1 aliphatic rings. The van der Waals surface area contributed by atoms with E-state index in [-0.39, 0.29) is 12.4 Å². The highest BCUT2D eigenvalue weighted by Gasteiger charge is 2.23. The summed E-state index contributed by atoms with van der Waals surface area (Å²) in [6, 6.07) is 17.0. The van der Waals surface area contributed by atoms with Crippen LogP contribution in [0.5, 0.6) is 0 Å². The number of imidazole rings is 1. The minimum atomic E-state index is 0. The average molecular weight is 421 g/mol. The summed E-state index contributed by atoms with van der Waals surface area (Å²) in [5.41, 5.74) is 4.82. The van der Waals surface area contributed by atoms with Gasteiger partial charge < -0.3 is 10.2 Å². The lowest BCUT2D eigenvalue weighted by molar-refractivity contribution is 0.645. The summed E-state index contributed by atoms with van der Waals surface area (Å²) >= 11 is 0. The Morgan fingerprint density at radius 1 is 1.10 bits per heavy atom. The molecular formula is C23H25ClN6. The fourth-order valence-corrected chi connectivity index (χ4v) is 4.13. The van der Waals surface area contributed by atoms with E-state index in [1.807, 2.05) is 42.7 Å². The molecule has 7 heteroatoms. The lowest BCUT2D eigenvalue weighted by Crippen LogP contribution is -2.28. The van der Waals surface area contributed by atoms with Gasteiger partial charge in [-0.25, -0.2) is 14.5 Å². The molecule has 4 heterocycles. The predicted octanol–water partition coefficient (Wildman–Crippen LogP) is 5.34. The van der Waals surface area contributed by atoms with Crippen LogP contribution in [0.15, 0.2) is 67.1 Å². The van der Waals surface area contributed by atoms with Crippen molar-refractivity contribution < 1.29 is 0 Å². The molecule has 0 bridgehead atoms. The van der Waals surface area contributed by atoms with Gasteiger partial charge in [0.05, 0.1) is 23.3 Å². The van der Waals surface area contributed by atoms with Crippen LogP contribution in [0.1, 0.15) is 26.2 Å². The number of nitrogens with one attached hydrogen (secondary N) is 1. The first-order valence-electron chi connectivity index (χ1n) is 10.2.